The standard InChI is InChI=1S/C10H11F3O3S.C10H10O6.C10H8O5.C8H10O2.C8H8O2.C6H6O2.C4H2O3.CH4.Pb.H2.2H/c1-6-4-8-3-2-7(6)5-9(8)16-17(14,15)10(11,12)13;11-5-1-3-6(12)2-4(5)8(10(15)16)7(3)9(13)14;11-5-1-3-6(12)2-4(5)8-7(3)9(13)15-10(8)14;2*9-7-4-6-2-1-5(7)3-8(6)10;7-5-1-2-6(8)4-3-5;5-3-1-2-4(6)7-3;;;;;/h4-5,7-8H,2-3H2,1H3;3-4,7-8H,1-2H2,(H,13,14)(H,15,16);3-4,7-8H,1-2H2;5-6H,1-4H2;1-2,5-6H,3-4H2;1-4,7-8H;1-2H;1H4;;1H;;. The zero-order chi connectivity index (χ0) is 61.2. The number of ether oxygens (including phenoxy) is 2. The molecule has 1 aromatic carbocycles. The molecular weight excluding hydrogens is 1350 g/mol. The summed E-state index contributed by atoms with van der Waals surface area (Å²) in [6, 6.07) is 5.70. The van der Waals surface area contributed by atoms with Crippen molar-refractivity contribution >= 4 is 119 Å². The number of aromatic hydroxyl groups is 2. The average molecular weight is 1410 g/mol. The number of phenols is 2. The molecule has 1 aromatic rings. The van der Waals surface area contributed by atoms with E-state index in [0.29, 0.717) is 43.7 Å². The summed E-state index contributed by atoms with van der Waals surface area (Å²) < 4.78 is 70.9. The zero-order valence-electron chi connectivity index (χ0n) is 44.6. The number of carboxylic acid groups (broad SMARTS) is 2. The van der Waals surface area contributed by atoms with Gasteiger partial charge in [0.15, 0.2) is 0 Å². The fourth-order valence-electron chi connectivity index (χ4n) is 12.2. The molecule has 460 valence electrons. The number of allylic oxidation sites excluding steroid dienone is 5. The first-order chi connectivity index (χ1) is 38.8. The Morgan fingerprint density at radius 3 is 1.19 bits per heavy atom. The Labute approximate surface area is 504 Å². The minimum atomic E-state index is -5.53. The van der Waals surface area contributed by atoms with E-state index < -0.39 is 98.8 Å². The van der Waals surface area contributed by atoms with Gasteiger partial charge in [-0.1, -0.05) is 31.2 Å². The molecule has 85 heavy (non-hydrogen) atoms. The molecule has 10 saturated carbocycles. The molecule has 23 nitrogen and oxygen atoms in total. The predicted molar refractivity (Wildman–Crippen MR) is 285 cm³/mol. The van der Waals surface area contributed by atoms with Crippen LogP contribution in [0.3, 0.4) is 0 Å². The van der Waals surface area contributed by atoms with Crippen LogP contribution in [0.15, 0.2) is 72.1 Å². The summed E-state index contributed by atoms with van der Waals surface area (Å²) in [6.07, 6.45) is 14.5. The molecular formula is C57H63F3O23PbS. The molecule has 1 saturated heterocycles. The SMILES string of the molecule is C.CC1=CC2CCC1C=C2OS(=O)(=O)C(F)(F)F.O=C1C=CC(=O)O1.O=C1CC2C(=O)CC1C(C(=O)O)C2C(=O)O.O=C1CC2C(=O)CC1C1C(=O)OC(=O)C21.O=C1CC2C=CC1CC2=O.O=C1CC2CCC1CC2=O.Oc1ccc(O)cc1.[HH].[PbH2]. The van der Waals surface area contributed by atoms with Crippen LogP contribution >= 0.6 is 0 Å². The van der Waals surface area contributed by atoms with Gasteiger partial charge in [-0.05, 0) is 62.9 Å². The second-order valence-electron chi connectivity index (χ2n) is 21.7. The molecule has 15 aliphatic carbocycles. The van der Waals surface area contributed by atoms with E-state index in [1.165, 1.54) is 30.3 Å². The van der Waals surface area contributed by atoms with Crippen LogP contribution in [0.4, 0.5) is 13.2 Å². The third kappa shape index (κ3) is 15.8. The first-order valence-electron chi connectivity index (χ1n) is 26.3. The maximum atomic E-state index is 12.2. The van der Waals surface area contributed by atoms with Crippen LogP contribution in [-0.2, 0) is 90.9 Å². The molecule has 2 heterocycles. The van der Waals surface area contributed by atoms with Gasteiger partial charge in [-0.15, -0.1) is 0 Å². The Morgan fingerprint density at radius 1 is 0.529 bits per heavy atom. The fraction of sp³-hybridized carbons (Fsp3) is 0.509. The Hall–Kier alpha value is -7.18. The van der Waals surface area contributed by atoms with Gasteiger partial charge >= 0.3 is 78.7 Å². The van der Waals surface area contributed by atoms with Gasteiger partial charge in [-0.2, -0.15) is 21.6 Å². The number of halogens is 3. The van der Waals surface area contributed by atoms with Crippen molar-refractivity contribution in [3.05, 3.63) is 72.1 Å². The molecule has 0 aromatic heterocycles. The van der Waals surface area contributed by atoms with Gasteiger partial charge in [0, 0.05) is 124 Å². The molecule has 11 fully saturated rings. The second-order valence-corrected chi connectivity index (χ2v) is 23.3. The van der Waals surface area contributed by atoms with Gasteiger partial charge in [-0.3, -0.25) is 57.5 Å². The van der Waals surface area contributed by atoms with Gasteiger partial charge in [0.25, 0.3) is 0 Å². The summed E-state index contributed by atoms with van der Waals surface area (Å²) in [5.74, 6) is -11.6. The van der Waals surface area contributed by atoms with Crippen LogP contribution in [0, 0.1) is 82.9 Å². The zero-order valence-corrected chi connectivity index (χ0v) is 51.0. The average Bonchev–Trinajstić information content (AvgIpc) is 1.49. The van der Waals surface area contributed by atoms with Crippen molar-refractivity contribution in [3.8, 4) is 11.5 Å². The number of alkyl halides is 3. The Kier molecular flexibility index (Phi) is 22.5. The van der Waals surface area contributed by atoms with E-state index in [0.717, 1.165) is 37.0 Å². The fourth-order valence-corrected chi connectivity index (χ4v) is 12.7. The van der Waals surface area contributed by atoms with Crippen LogP contribution in [0.2, 0.25) is 0 Å². The summed E-state index contributed by atoms with van der Waals surface area (Å²) in [5.41, 5.74) is -4.32. The Balaban J connectivity index is 0.000000218. The molecule has 18 rings (SSSR count). The van der Waals surface area contributed by atoms with Crippen molar-refractivity contribution in [2.75, 3.05) is 0 Å². The second kappa shape index (κ2) is 27.9. The van der Waals surface area contributed by atoms with Crippen molar-refractivity contribution in [1.29, 1.82) is 0 Å². The van der Waals surface area contributed by atoms with Crippen molar-refractivity contribution in [2.24, 2.45) is 82.9 Å². The molecule has 0 spiro atoms. The number of cyclic esters (lactones) is 4. The number of aliphatic carboxylic acids is 2. The predicted octanol–water partition coefficient (Wildman–Crippen LogP) is 4.12. The number of hydrogen-bond donors (Lipinski definition) is 4. The van der Waals surface area contributed by atoms with Crippen molar-refractivity contribution in [2.45, 2.75) is 96.9 Å². The number of ketones is 8. The maximum absolute atomic E-state index is 12.2. The molecule has 10 bridgehead atoms. The van der Waals surface area contributed by atoms with Gasteiger partial charge in [0.1, 0.15) is 63.5 Å². The van der Waals surface area contributed by atoms with E-state index in [9.17, 15) is 88.7 Å². The first-order valence-corrected chi connectivity index (χ1v) is 27.7. The number of hydrogen-bond acceptors (Lipinski definition) is 21. The summed E-state index contributed by atoms with van der Waals surface area (Å²) in [7, 11) is -5.53. The van der Waals surface area contributed by atoms with Crippen molar-refractivity contribution < 1.29 is 124 Å². The van der Waals surface area contributed by atoms with E-state index in [1.807, 2.05) is 19.1 Å². The van der Waals surface area contributed by atoms with E-state index >= 15 is 0 Å². The number of fused-ring (bicyclic) bond motifs is 11. The van der Waals surface area contributed by atoms with Gasteiger partial charge in [-0.25, -0.2) is 9.59 Å². The normalized spacial score (nSPS) is 31.7. The van der Waals surface area contributed by atoms with E-state index in [1.54, 1.807) is 6.08 Å². The number of carbonyl (C=O) groups is 14. The van der Waals surface area contributed by atoms with Crippen molar-refractivity contribution in [1.82, 2.24) is 0 Å². The van der Waals surface area contributed by atoms with Gasteiger partial charge in [0.05, 0.1) is 23.7 Å². The van der Waals surface area contributed by atoms with Crippen LogP contribution < -0.4 is 0 Å². The molecule has 28 heteroatoms. The summed E-state index contributed by atoms with van der Waals surface area (Å²) in [6.45, 7) is 1.88. The topological polar surface area (TPSA) is 382 Å². The number of benzene rings is 1. The van der Waals surface area contributed by atoms with E-state index in [-0.39, 0.29) is 149 Å². The summed E-state index contributed by atoms with van der Waals surface area (Å²) in [4.78, 5) is 155. The molecule has 4 N–H and O–H groups in total. The molecule has 14 unspecified atom stereocenters. The minimum absolute atomic E-state index is 0. The number of phenolic OH excluding ortho intramolecular Hbond substituents is 2. The Morgan fingerprint density at radius 2 is 0.906 bits per heavy atom. The van der Waals surface area contributed by atoms with Crippen LogP contribution in [0.1, 0.15) is 92.8 Å². The quantitative estimate of drug-likeness (QED) is 0.0626. The number of carboxylic acids is 2. The van der Waals surface area contributed by atoms with Gasteiger partial charge < -0.3 is 34.1 Å². The summed E-state index contributed by atoms with van der Waals surface area (Å²) in [5, 5.41) is 35.2. The first kappa shape index (κ1) is 68.6. The monoisotopic (exact) mass is 1410 g/mol. The van der Waals surface area contributed by atoms with Crippen LogP contribution in [0.5, 0.6) is 11.5 Å². The molecule has 14 atom stereocenters. The van der Waals surface area contributed by atoms with E-state index in [4.69, 9.17) is 20.4 Å². The third-order valence-corrected chi connectivity index (χ3v) is 17.5. The molecule has 0 amide bonds. The van der Waals surface area contributed by atoms with Crippen LogP contribution in [0.25, 0.3) is 0 Å². The Bertz CT molecular complexity index is 3040. The summed E-state index contributed by atoms with van der Waals surface area (Å²) >= 11 is 0. The molecule has 17 aliphatic rings. The molecule has 2 aliphatic heterocycles. The molecule has 2 radical (unpaired) electrons. The van der Waals surface area contributed by atoms with E-state index in [2.05, 4.69) is 13.7 Å². The van der Waals surface area contributed by atoms with Crippen LogP contribution in [-0.4, -0.2) is 144 Å². The number of esters is 4. The number of Topliss-reactive ketones (excluding diaryl/α,β-unsaturated/α-hetero) is 8. The van der Waals surface area contributed by atoms with Crippen molar-refractivity contribution in [3.63, 3.8) is 0 Å². The van der Waals surface area contributed by atoms with Gasteiger partial charge in [0.2, 0.25) is 0 Å². The number of carbonyl (C=O) groups excluding carboxylic acids is 12. The number of rotatable bonds is 4. The third-order valence-electron chi connectivity index (χ3n) is 16.5.